The molecule has 2 N–H and O–H groups in total. The van der Waals surface area contributed by atoms with E-state index in [0.29, 0.717) is 18.8 Å². The predicted octanol–water partition coefficient (Wildman–Crippen LogP) is 0.152. The van der Waals surface area contributed by atoms with Crippen molar-refractivity contribution in [3.8, 4) is 0 Å². The zero-order valence-electron chi connectivity index (χ0n) is 10.1. The van der Waals surface area contributed by atoms with E-state index in [1.54, 1.807) is 17.2 Å². The van der Waals surface area contributed by atoms with Crippen LogP contribution in [0.15, 0.2) is 12.3 Å². The average molecular weight is 248 g/mol. The molecule has 0 aromatic carbocycles. The Kier molecular flexibility index (Phi) is 2.57. The summed E-state index contributed by atoms with van der Waals surface area (Å²) in [7, 11) is 0. The second kappa shape index (κ2) is 4.12. The molecular weight excluding hydrogens is 232 g/mol. The largest absolute Gasteiger partial charge is 0.356 e. The van der Waals surface area contributed by atoms with E-state index in [2.05, 4.69) is 15.5 Å². The van der Waals surface area contributed by atoms with Crippen molar-refractivity contribution in [1.29, 1.82) is 0 Å². The first-order valence-electron chi connectivity index (χ1n) is 6.28. The first-order valence-corrected chi connectivity index (χ1v) is 6.28. The number of hydrogen-bond donors (Lipinski definition) is 2. The number of rotatable bonds is 1. The minimum atomic E-state index is -0.217. The minimum absolute atomic E-state index is 0.0271. The minimum Gasteiger partial charge on any atom is -0.356 e. The molecule has 0 bridgehead atoms. The maximum Gasteiger partial charge on any atom is 0.271 e. The standard InChI is InChI=1S/C12H16N4O2/c17-10(9-1-5-14-15-9)16-7-3-12(4-8-16)2-6-13-11(12)18/h1,5H,2-4,6-8H2,(H,13,18)(H,14,15). The zero-order valence-corrected chi connectivity index (χ0v) is 10.1. The third-order valence-electron chi connectivity index (χ3n) is 4.11. The van der Waals surface area contributed by atoms with Gasteiger partial charge in [0.1, 0.15) is 5.69 Å². The van der Waals surface area contributed by atoms with Gasteiger partial charge < -0.3 is 10.2 Å². The Bertz CT molecular complexity index is 460. The summed E-state index contributed by atoms with van der Waals surface area (Å²) in [6.07, 6.45) is 4.00. The fraction of sp³-hybridized carbons (Fsp3) is 0.583. The summed E-state index contributed by atoms with van der Waals surface area (Å²) in [5.41, 5.74) is 0.298. The van der Waals surface area contributed by atoms with Crippen molar-refractivity contribution in [1.82, 2.24) is 20.4 Å². The van der Waals surface area contributed by atoms with Gasteiger partial charge in [-0.2, -0.15) is 5.10 Å². The third kappa shape index (κ3) is 1.68. The first-order chi connectivity index (χ1) is 8.71. The van der Waals surface area contributed by atoms with E-state index in [-0.39, 0.29) is 17.2 Å². The number of hydrogen-bond acceptors (Lipinski definition) is 3. The summed E-state index contributed by atoms with van der Waals surface area (Å²) in [6, 6.07) is 1.68. The number of carbonyl (C=O) groups excluding carboxylic acids is 2. The lowest BCUT2D eigenvalue weighted by Gasteiger charge is -2.37. The fourth-order valence-corrected chi connectivity index (χ4v) is 2.88. The van der Waals surface area contributed by atoms with Crippen LogP contribution in [0.5, 0.6) is 0 Å². The highest BCUT2D eigenvalue weighted by atomic mass is 16.2. The summed E-state index contributed by atoms with van der Waals surface area (Å²) in [5.74, 6) is 0.136. The van der Waals surface area contributed by atoms with Crippen LogP contribution >= 0.6 is 0 Å². The number of H-pyrrole nitrogens is 1. The number of nitrogens with zero attached hydrogens (tertiary/aromatic N) is 2. The van der Waals surface area contributed by atoms with Crippen molar-refractivity contribution in [2.24, 2.45) is 5.41 Å². The Balaban J connectivity index is 1.67. The van der Waals surface area contributed by atoms with Gasteiger partial charge in [0.15, 0.2) is 0 Å². The highest BCUT2D eigenvalue weighted by Gasteiger charge is 2.45. The second-order valence-corrected chi connectivity index (χ2v) is 5.05. The number of amides is 2. The molecule has 1 aromatic heterocycles. The van der Waals surface area contributed by atoms with Crippen LogP contribution in [-0.4, -0.2) is 46.5 Å². The Labute approximate surface area is 105 Å². The summed E-state index contributed by atoms with van der Waals surface area (Å²) < 4.78 is 0. The fourth-order valence-electron chi connectivity index (χ4n) is 2.88. The van der Waals surface area contributed by atoms with Gasteiger partial charge in [-0.25, -0.2) is 0 Å². The molecule has 1 aromatic rings. The Morgan fingerprint density at radius 2 is 2.11 bits per heavy atom. The van der Waals surface area contributed by atoms with Gasteiger partial charge in [0, 0.05) is 25.8 Å². The molecule has 0 atom stereocenters. The first kappa shape index (κ1) is 11.3. The van der Waals surface area contributed by atoms with Crippen molar-refractivity contribution in [2.75, 3.05) is 19.6 Å². The van der Waals surface area contributed by atoms with Crippen molar-refractivity contribution in [3.05, 3.63) is 18.0 Å². The lowest BCUT2D eigenvalue weighted by molar-refractivity contribution is -0.129. The van der Waals surface area contributed by atoms with Gasteiger partial charge >= 0.3 is 0 Å². The molecule has 2 amide bonds. The van der Waals surface area contributed by atoms with E-state index >= 15 is 0 Å². The summed E-state index contributed by atoms with van der Waals surface area (Å²) in [4.78, 5) is 25.7. The lowest BCUT2D eigenvalue weighted by Crippen LogP contribution is -2.46. The molecule has 18 heavy (non-hydrogen) atoms. The van der Waals surface area contributed by atoms with Gasteiger partial charge in [0.25, 0.3) is 5.91 Å². The van der Waals surface area contributed by atoms with Gasteiger partial charge in [-0.3, -0.25) is 14.7 Å². The monoisotopic (exact) mass is 248 g/mol. The molecular formula is C12H16N4O2. The highest BCUT2D eigenvalue weighted by molar-refractivity contribution is 5.92. The van der Waals surface area contributed by atoms with Gasteiger partial charge in [-0.05, 0) is 25.3 Å². The van der Waals surface area contributed by atoms with E-state index in [0.717, 1.165) is 25.8 Å². The molecule has 2 aliphatic heterocycles. The highest BCUT2D eigenvalue weighted by Crippen LogP contribution is 2.38. The van der Waals surface area contributed by atoms with Crippen LogP contribution in [0.3, 0.4) is 0 Å². The van der Waals surface area contributed by atoms with Gasteiger partial charge in [0.05, 0.1) is 5.41 Å². The smallest absolute Gasteiger partial charge is 0.271 e. The lowest BCUT2D eigenvalue weighted by atomic mass is 9.77. The van der Waals surface area contributed by atoms with Crippen LogP contribution in [0.2, 0.25) is 0 Å². The molecule has 6 nitrogen and oxygen atoms in total. The SMILES string of the molecule is O=C(c1ccn[nH]1)N1CCC2(CCNC2=O)CC1. The van der Waals surface area contributed by atoms with Crippen LogP contribution in [0.4, 0.5) is 0 Å². The molecule has 0 saturated carbocycles. The predicted molar refractivity (Wildman–Crippen MR) is 63.8 cm³/mol. The summed E-state index contributed by atoms with van der Waals surface area (Å²) in [6.45, 7) is 2.06. The third-order valence-corrected chi connectivity index (χ3v) is 4.11. The van der Waals surface area contributed by atoms with Crippen molar-refractivity contribution < 1.29 is 9.59 Å². The van der Waals surface area contributed by atoms with Crippen molar-refractivity contribution >= 4 is 11.8 Å². The second-order valence-electron chi connectivity index (χ2n) is 5.05. The van der Waals surface area contributed by atoms with Crippen LogP contribution < -0.4 is 5.32 Å². The molecule has 0 aliphatic carbocycles. The summed E-state index contributed by atoms with van der Waals surface area (Å²) in [5, 5.41) is 9.36. The Hall–Kier alpha value is -1.85. The molecule has 0 radical (unpaired) electrons. The van der Waals surface area contributed by atoms with Crippen LogP contribution in [0, 0.1) is 5.41 Å². The van der Waals surface area contributed by atoms with Crippen LogP contribution in [0.1, 0.15) is 29.8 Å². The zero-order chi connectivity index (χ0) is 12.6. The molecule has 96 valence electrons. The summed E-state index contributed by atoms with van der Waals surface area (Å²) >= 11 is 0. The number of aromatic amines is 1. The van der Waals surface area contributed by atoms with E-state index in [9.17, 15) is 9.59 Å². The van der Waals surface area contributed by atoms with Crippen LogP contribution in [-0.2, 0) is 4.79 Å². The van der Waals surface area contributed by atoms with E-state index in [1.165, 1.54) is 0 Å². The Morgan fingerprint density at radius 3 is 2.67 bits per heavy atom. The molecule has 0 unspecified atom stereocenters. The molecule has 1 spiro atoms. The quantitative estimate of drug-likeness (QED) is 0.742. The van der Waals surface area contributed by atoms with Gasteiger partial charge in [-0.15, -0.1) is 0 Å². The number of likely N-dealkylation sites (tertiary alicyclic amines) is 1. The molecule has 2 aliphatic rings. The normalized spacial score (nSPS) is 22.2. The Morgan fingerprint density at radius 1 is 1.33 bits per heavy atom. The van der Waals surface area contributed by atoms with Crippen molar-refractivity contribution in [2.45, 2.75) is 19.3 Å². The van der Waals surface area contributed by atoms with Crippen LogP contribution in [0.25, 0.3) is 0 Å². The molecule has 3 rings (SSSR count). The molecule has 6 heteroatoms. The van der Waals surface area contributed by atoms with Gasteiger partial charge in [-0.1, -0.05) is 0 Å². The number of piperidine rings is 1. The molecule has 2 fully saturated rings. The van der Waals surface area contributed by atoms with Gasteiger partial charge in [0.2, 0.25) is 5.91 Å². The molecule has 2 saturated heterocycles. The maximum atomic E-state index is 12.1. The number of nitrogens with one attached hydrogen (secondary N) is 2. The number of carbonyl (C=O) groups is 2. The molecule has 3 heterocycles. The van der Waals surface area contributed by atoms with E-state index in [1.807, 2.05) is 0 Å². The van der Waals surface area contributed by atoms with E-state index < -0.39 is 0 Å². The number of aromatic nitrogens is 2. The maximum absolute atomic E-state index is 12.1. The van der Waals surface area contributed by atoms with E-state index in [4.69, 9.17) is 0 Å². The topological polar surface area (TPSA) is 78.1 Å². The van der Waals surface area contributed by atoms with Crippen molar-refractivity contribution in [3.63, 3.8) is 0 Å². The average Bonchev–Trinajstić information content (AvgIpc) is 3.02.